The Morgan fingerprint density at radius 3 is 2.17 bits per heavy atom. The Bertz CT molecular complexity index is 99.2. The van der Waals surface area contributed by atoms with Crippen LogP contribution in [0, 0.1) is 5.92 Å². The highest BCUT2D eigenvalue weighted by atomic mass is 19.3. The number of hydrogen-bond donors (Lipinski definition) is 1. The van der Waals surface area contributed by atoms with E-state index in [9.17, 15) is 8.78 Å². The summed E-state index contributed by atoms with van der Waals surface area (Å²) in [7, 11) is 0. The number of halogens is 2. The van der Waals surface area contributed by atoms with Gasteiger partial charge in [0.1, 0.15) is 0 Å². The molecule has 4 heteroatoms. The number of nitrogens with zero attached hydrogens (tertiary/aromatic N) is 1. The molecule has 0 aliphatic rings. The number of hydrogen-bond acceptors (Lipinski definition) is 2. The van der Waals surface area contributed by atoms with Crippen molar-refractivity contribution in [1.29, 1.82) is 0 Å². The molecule has 0 radical (unpaired) electrons. The van der Waals surface area contributed by atoms with Gasteiger partial charge in [-0.25, -0.2) is 8.78 Å². The van der Waals surface area contributed by atoms with Gasteiger partial charge in [0, 0.05) is 13.1 Å². The van der Waals surface area contributed by atoms with Gasteiger partial charge in [-0.3, -0.25) is 4.90 Å². The topological polar surface area (TPSA) is 23.5 Å². The van der Waals surface area contributed by atoms with Gasteiger partial charge in [-0.1, -0.05) is 13.8 Å². The zero-order valence-electron chi connectivity index (χ0n) is 7.63. The van der Waals surface area contributed by atoms with Crippen LogP contribution in [0.3, 0.4) is 0 Å². The Morgan fingerprint density at radius 2 is 1.83 bits per heavy atom. The van der Waals surface area contributed by atoms with Crippen molar-refractivity contribution in [3.05, 3.63) is 0 Å². The van der Waals surface area contributed by atoms with E-state index < -0.39 is 6.43 Å². The molecule has 0 saturated carbocycles. The Morgan fingerprint density at radius 1 is 1.25 bits per heavy atom. The molecule has 0 atom stereocenters. The fraction of sp³-hybridized carbons (Fsp3) is 1.00. The summed E-state index contributed by atoms with van der Waals surface area (Å²) in [4.78, 5) is 1.58. The number of rotatable bonds is 6. The van der Waals surface area contributed by atoms with Gasteiger partial charge >= 0.3 is 0 Å². The van der Waals surface area contributed by atoms with Crippen LogP contribution >= 0.6 is 0 Å². The number of aliphatic hydroxyl groups excluding tert-OH is 1. The minimum Gasteiger partial charge on any atom is -0.395 e. The summed E-state index contributed by atoms with van der Waals surface area (Å²) in [6.07, 6.45) is -2.31. The predicted octanol–water partition coefficient (Wildman–Crippen LogP) is 1.20. The lowest BCUT2D eigenvalue weighted by Crippen LogP contribution is -2.34. The van der Waals surface area contributed by atoms with Crippen LogP contribution in [0.2, 0.25) is 0 Å². The molecule has 0 fully saturated rings. The lowest BCUT2D eigenvalue weighted by atomic mass is 10.2. The van der Waals surface area contributed by atoms with Gasteiger partial charge in [0.15, 0.2) is 0 Å². The quantitative estimate of drug-likeness (QED) is 0.665. The molecule has 74 valence electrons. The second-order valence-corrected chi connectivity index (χ2v) is 3.27. The molecule has 0 aliphatic heterocycles. The van der Waals surface area contributed by atoms with E-state index in [1.54, 1.807) is 4.90 Å². The first-order chi connectivity index (χ1) is 5.56. The number of alkyl halides is 2. The summed E-state index contributed by atoms with van der Waals surface area (Å²) < 4.78 is 23.9. The van der Waals surface area contributed by atoms with E-state index in [-0.39, 0.29) is 13.2 Å². The van der Waals surface area contributed by atoms with E-state index in [4.69, 9.17) is 5.11 Å². The van der Waals surface area contributed by atoms with Crippen LogP contribution in [0.4, 0.5) is 8.78 Å². The molecular formula is C8H17F2NO. The largest absolute Gasteiger partial charge is 0.395 e. The van der Waals surface area contributed by atoms with Crippen LogP contribution in [-0.2, 0) is 0 Å². The third-order valence-electron chi connectivity index (χ3n) is 1.44. The summed E-state index contributed by atoms with van der Waals surface area (Å²) >= 11 is 0. The van der Waals surface area contributed by atoms with Crippen molar-refractivity contribution < 1.29 is 13.9 Å². The number of aliphatic hydroxyl groups is 1. The minimum atomic E-state index is -2.31. The summed E-state index contributed by atoms with van der Waals surface area (Å²) in [6.45, 7) is 4.59. The third kappa shape index (κ3) is 6.49. The smallest absolute Gasteiger partial charge is 0.251 e. The standard InChI is InChI=1S/C8H17F2NO/c1-7(2)5-11(3-4-12)6-8(9)10/h7-8,12H,3-6H2,1-2H3. The zero-order chi connectivity index (χ0) is 9.56. The zero-order valence-corrected chi connectivity index (χ0v) is 7.63. The van der Waals surface area contributed by atoms with E-state index in [2.05, 4.69) is 0 Å². The molecule has 0 rings (SSSR count). The van der Waals surface area contributed by atoms with Crippen molar-refractivity contribution >= 4 is 0 Å². The molecule has 0 unspecified atom stereocenters. The van der Waals surface area contributed by atoms with Crippen LogP contribution in [-0.4, -0.2) is 42.7 Å². The first-order valence-corrected chi connectivity index (χ1v) is 4.17. The molecule has 0 heterocycles. The van der Waals surface area contributed by atoms with Crippen LogP contribution < -0.4 is 0 Å². The molecule has 0 aromatic heterocycles. The van der Waals surface area contributed by atoms with Gasteiger partial charge in [0.25, 0.3) is 6.43 Å². The van der Waals surface area contributed by atoms with Crippen LogP contribution in [0.15, 0.2) is 0 Å². The molecule has 2 nitrogen and oxygen atoms in total. The Kier molecular flexibility index (Phi) is 6.20. The van der Waals surface area contributed by atoms with E-state index in [0.717, 1.165) is 0 Å². The van der Waals surface area contributed by atoms with Crippen molar-refractivity contribution in [2.45, 2.75) is 20.3 Å². The van der Waals surface area contributed by atoms with E-state index in [0.29, 0.717) is 19.0 Å². The molecule has 0 saturated heterocycles. The fourth-order valence-electron chi connectivity index (χ4n) is 1.11. The van der Waals surface area contributed by atoms with Crippen LogP contribution in [0.5, 0.6) is 0 Å². The second-order valence-electron chi connectivity index (χ2n) is 3.27. The first-order valence-electron chi connectivity index (χ1n) is 4.17. The van der Waals surface area contributed by atoms with E-state index in [1.807, 2.05) is 13.8 Å². The second kappa shape index (κ2) is 6.31. The van der Waals surface area contributed by atoms with Crippen molar-refractivity contribution in [3.63, 3.8) is 0 Å². The minimum absolute atomic E-state index is 0.0561. The van der Waals surface area contributed by atoms with Crippen molar-refractivity contribution in [2.24, 2.45) is 5.92 Å². The summed E-state index contributed by atoms with van der Waals surface area (Å²) in [6, 6.07) is 0. The average Bonchev–Trinajstić information content (AvgIpc) is 1.84. The lowest BCUT2D eigenvalue weighted by Gasteiger charge is -2.22. The van der Waals surface area contributed by atoms with Gasteiger partial charge in [-0.15, -0.1) is 0 Å². The van der Waals surface area contributed by atoms with Crippen molar-refractivity contribution in [3.8, 4) is 0 Å². The maximum atomic E-state index is 11.9. The lowest BCUT2D eigenvalue weighted by molar-refractivity contribution is 0.0725. The third-order valence-corrected chi connectivity index (χ3v) is 1.44. The molecule has 12 heavy (non-hydrogen) atoms. The highest BCUT2D eigenvalue weighted by molar-refractivity contribution is 4.60. The maximum absolute atomic E-state index is 11.9. The molecule has 0 bridgehead atoms. The van der Waals surface area contributed by atoms with Crippen LogP contribution in [0.25, 0.3) is 0 Å². The monoisotopic (exact) mass is 181 g/mol. The van der Waals surface area contributed by atoms with Crippen LogP contribution in [0.1, 0.15) is 13.8 Å². The van der Waals surface area contributed by atoms with E-state index >= 15 is 0 Å². The normalized spacial score (nSPS) is 12.0. The molecule has 0 amide bonds. The Balaban J connectivity index is 3.69. The highest BCUT2D eigenvalue weighted by Gasteiger charge is 2.12. The van der Waals surface area contributed by atoms with Crippen molar-refractivity contribution in [1.82, 2.24) is 4.90 Å². The van der Waals surface area contributed by atoms with Crippen molar-refractivity contribution in [2.75, 3.05) is 26.2 Å². The highest BCUT2D eigenvalue weighted by Crippen LogP contribution is 2.02. The molecule has 1 N–H and O–H groups in total. The van der Waals surface area contributed by atoms with Gasteiger partial charge in [0.05, 0.1) is 13.2 Å². The predicted molar refractivity (Wildman–Crippen MR) is 44.4 cm³/mol. The summed E-state index contributed by atoms with van der Waals surface area (Å²) in [5.74, 6) is 0.357. The molecule has 0 aromatic carbocycles. The van der Waals surface area contributed by atoms with Gasteiger partial charge in [0.2, 0.25) is 0 Å². The Hall–Kier alpha value is -0.220. The Labute approximate surface area is 72.2 Å². The SMILES string of the molecule is CC(C)CN(CCO)CC(F)F. The first kappa shape index (κ1) is 11.8. The molecule has 0 aromatic rings. The molecular weight excluding hydrogens is 164 g/mol. The van der Waals surface area contributed by atoms with Gasteiger partial charge in [-0.05, 0) is 5.92 Å². The van der Waals surface area contributed by atoms with Gasteiger partial charge < -0.3 is 5.11 Å². The average molecular weight is 181 g/mol. The molecule has 0 aliphatic carbocycles. The maximum Gasteiger partial charge on any atom is 0.251 e. The fourth-order valence-corrected chi connectivity index (χ4v) is 1.11. The van der Waals surface area contributed by atoms with Gasteiger partial charge in [-0.2, -0.15) is 0 Å². The van der Waals surface area contributed by atoms with E-state index in [1.165, 1.54) is 0 Å². The molecule has 0 spiro atoms. The summed E-state index contributed by atoms with van der Waals surface area (Å²) in [5.41, 5.74) is 0. The summed E-state index contributed by atoms with van der Waals surface area (Å²) in [5, 5.41) is 8.58.